The van der Waals surface area contributed by atoms with Crippen LogP contribution < -0.4 is 15.6 Å². The van der Waals surface area contributed by atoms with Crippen molar-refractivity contribution in [3.8, 4) is 5.75 Å². The van der Waals surface area contributed by atoms with Crippen LogP contribution in [0.25, 0.3) is 10.9 Å². The topological polar surface area (TPSA) is 92.8 Å². The van der Waals surface area contributed by atoms with Crippen LogP contribution in [-0.4, -0.2) is 27.0 Å². The molecule has 0 aliphatic carbocycles. The van der Waals surface area contributed by atoms with Crippen molar-refractivity contribution in [2.45, 2.75) is 24.6 Å². The van der Waals surface area contributed by atoms with E-state index >= 15 is 0 Å². The Kier molecular flexibility index (Phi) is 5.67. The highest BCUT2D eigenvalue weighted by atomic mass is 32.2. The second kappa shape index (κ2) is 8.54. The Hall–Kier alpha value is -3.39. The van der Waals surface area contributed by atoms with Gasteiger partial charge in [0.05, 0.1) is 12.8 Å². The van der Waals surface area contributed by atoms with E-state index in [4.69, 9.17) is 4.74 Å². The number of hydrogen-bond acceptors (Lipinski definition) is 7. The molecule has 0 aliphatic heterocycles. The van der Waals surface area contributed by atoms with Crippen LogP contribution in [0.15, 0.2) is 58.4 Å². The molecule has 4 rings (SSSR count). The SMILES string of the molecule is COc1cccc2c(C)nc(Nc3nc(SCc4ccc(C)cc4)cc(=O)[nH]3)nc12. The summed E-state index contributed by atoms with van der Waals surface area (Å²) in [6.07, 6.45) is 0. The molecular formula is C22H21N5O2S. The predicted octanol–water partition coefficient (Wildman–Crippen LogP) is 4.37. The van der Waals surface area contributed by atoms with Crippen molar-refractivity contribution in [2.75, 3.05) is 12.4 Å². The highest BCUT2D eigenvalue weighted by Crippen LogP contribution is 2.27. The fourth-order valence-electron chi connectivity index (χ4n) is 3.02. The van der Waals surface area contributed by atoms with E-state index in [-0.39, 0.29) is 5.56 Å². The molecule has 0 aliphatic rings. The molecule has 0 bridgehead atoms. The Morgan fingerprint density at radius 3 is 2.63 bits per heavy atom. The van der Waals surface area contributed by atoms with Gasteiger partial charge in [0, 0.05) is 17.2 Å². The van der Waals surface area contributed by atoms with Crippen LogP contribution in [0.5, 0.6) is 5.75 Å². The van der Waals surface area contributed by atoms with Gasteiger partial charge in [0.15, 0.2) is 0 Å². The molecule has 2 aromatic carbocycles. The summed E-state index contributed by atoms with van der Waals surface area (Å²) in [6, 6.07) is 15.5. The quantitative estimate of drug-likeness (QED) is 0.354. The molecule has 0 saturated carbocycles. The minimum Gasteiger partial charge on any atom is -0.494 e. The van der Waals surface area contributed by atoms with Crippen molar-refractivity contribution < 1.29 is 4.74 Å². The van der Waals surface area contributed by atoms with Gasteiger partial charge in [0.25, 0.3) is 5.56 Å². The Morgan fingerprint density at radius 1 is 1.07 bits per heavy atom. The number of aryl methyl sites for hydroxylation is 2. The van der Waals surface area contributed by atoms with Gasteiger partial charge in [0.1, 0.15) is 16.3 Å². The molecule has 0 radical (unpaired) electrons. The molecule has 30 heavy (non-hydrogen) atoms. The molecule has 2 N–H and O–H groups in total. The van der Waals surface area contributed by atoms with Crippen LogP contribution >= 0.6 is 11.8 Å². The van der Waals surface area contributed by atoms with Crippen LogP contribution in [0.3, 0.4) is 0 Å². The minimum absolute atomic E-state index is 0.242. The normalized spacial score (nSPS) is 10.9. The number of methoxy groups -OCH3 is 1. The van der Waals surface area contributed by atoms with Crippen molar-refractivity contribution in [2.24, 2.45) is 0 Å². The monoisotopic (exact) mass is 419 g/mol. The summed E-state index contributed by atoms with van der Waals surface area (Å²) >= 11 is 1.50. The number of H-pyrrole nitrogens is 1. The number of aromatic nitrogens is 4. The van der Waals surface area contributed by atoms with E-state index < -0.39 is 0 Å². The maximum Gasteiger partial charge on any atom is 0.253 e. The lowest BCUT2D eigenvalue weighted by Crippen LogP contribution is -2.11. The smallest absolute Gasteiger partial charge is 0.253 e. The lowest BCUT2D eigenvalue weighted by atomic mass is 10.2. The average molecular weight is 420 g/mol. The highest BCUT2D eigenvalue weighted by Gasteiger charge is 2.11. The molecule has 0 fully saturated rings. The molecule has 2 heterocycles. The molecule has 0 spiro atoms. The van der Waals surface area contributed by atoms with E-state index in [1.54, 1.807) is 7.11 Å². The van der Waals surface area contributed by atoms with Crippen LogP contribution in [-0.2, 0) is 5.75 Å². The molecule has 0 saturated heterocycles. The number of anilines is 2. The van der Waals surface area contributed by atoms with Gasteiger partial charge < -0.3 is 4.74 Å². The van der Waals surface area contributed by atoms with E-state index in [9.17, 15) is 4.79 Å². The molecule has 2 aromatic heterocycles. The largest absolute Gasteiger partial charge is 0.494 e. The van der Waals surface area contributed by atoms with Gasteiger partial charge in [-0.1, -0.05) is 42.0 Å². The lowest BCUT2D eigenvalue weighted by Gasteiger charge is -2.10. The molecule has 0 amide bonds. The summed E-state index contributed by atoms with van der Waals surface area (Å²) in [5.74, 6) is 2.01. The Bertz CT molecular complexity index is 1250. The zero-order chi connectivity index (χ0) is 21.1. The number of ether oxygens (including phenoxy) is 1. The minimum atomic E-state index is -0.242. The summed E-state index contributed by atoms with van der Waals surface area (Å²) < 4.78 is 5.41. The van der Waals surface area contributed by atoms with Crippen molar-refractivity contribution in [1.29, 1.82) is 0 Å². The molecule has 0 atom stereocenters. The highest BCUT2D eigenvalue weighted by molar-refractivity contribution is 7.98. The fraction of sp³-hybridized carbons (Fsp3) is 0.182. The zero-order valence-corrected chi connectivity index (χ0v) is 17.7. The van der Waals surface area contributed by atoms with Gasteiger partial charge in [-0.25, -0.2) is 15.0 Å². The Labute approximate surface area is 178 Å². The van der Waals surface area contributed by atoms with E-state index in [0.717, 1.165) is 16.8 Å². The van der Waals surface area contributed by atoms with Crippen LogP contribution in [0.1, 0.15) is 16.8 Å². The molecular weight excluding hydrogens is 398 g/mol. The molecule has 4 aromatic rings. The van der Waals surface area contributed by atoms with E-state index in [1.165, 1.54) is 29.0 Å². The van der Waals surface area contributed by atoms with Crippen molar-refractivity contribution in [3.05, 3.63) is 75.7 Å². The van der Waals surface area contributed by atoms with Crippen LogP contribution in [0.2, 0.25) is 0 Å². The summed E-state index contributed by atoms with van der Waals surface area (Å²) in [4.78, 5) is 28.4. The summed E-state index contributed by atoms with van der Waals surface area (Å²) in [7, 11) is 1.60. The number of nitrogens with zero attached hydrogens (tertiary/aromatic N) is 3. The van der Waals surface area contributed by atoms with Crippen LogP contribution in [0.4, 0.5) is 11.9 Å². The maximum atomic E-state index is 12.1. The molecule has 0 unspecified atom stereocenters. The predicted molar refractivity (Wildman–Crippen MR) is 120 cm³/mol. The van der Waals surface area contributed by atoms with Crippen molar-refractivity contribution in [1.82, 2.24) is 19.9 Å². The number of rotatable bonds is 6. The molecule has 7 nitrogen and oxygen atoms in total. The number of thioether (sulfide) groups is 1. The van der Waals surface area contributed by atoms with Gasteiger partial charge in [-0.3, -0.25) is 15.1 Å². The Balaban J connectivity index is 1.59. The first kappa shape index (κ1) is 19.9. The number of benzene rings is 2. The standard InChI is InChI=1S/C22H21N5O2S/c1-13-7-9-15(10-8-13)12-30-19-11-18(28)24-22(25-19)27-21-23-14(2)16-5-4-6-17(29-3)20(16)26-21/h4-11H,12H2,1-3H3,(H2,23,24,25,26,27,28). The first-order valence-electron chi connectivity index (χ1n) is 9.40. The zero-order valence-electron chi connectivity index (χ0n) is 16.9. The van der Waals surface area contributed by atoms with Gasteiger partial charge in [-0.2, -0.15) is 0 Å². The van der Waals surface area contributed by atoms with Gasteiger partial charge in [0.2, 0.25) is 11.9 Å². The second-order valence-corrected chi connectivity index (χ2v) is 7.82. The third kappa shape index (κ3) is 4.44. The number of hydrogen-bond donors (Lipinski definition) is 2. The van der Waals surface area contributed by atoms with E-state index in [1.807, 2.05) is 25.1 Å². The first-order chi connectivity index (χ1) is 14.5. The third-order valence-corrected chi connectivity index (χ3v) is 5.54. The summed E-state index contributed by atoms with van der Waals surface area (Å²) in [6.45, 7) is 3.96. The second-order valence-electron chi connectivity index (χ2n) is 6.82. The number of fused-ring (bicyclic) bond motifs is 1. The van der Waals surface area contributed by atoms with Gasteiger partial charge in [-0.05, 0) is 25.5 Å². The molecule has 8 heteroatoms. The van der Waals surface area contributed by atoms with Crippen molar-refractivity contribution >= 4 is 34.6 Å². The molecule has 152 valence electrons. The lowest BCUT2D eigenvalue weighted by molar-refractivity contribution is 0.419. The fourth-order valence-corrected chi connectivity index (χ4v) is 3.87. The third-order valence-electron chi connectivity index (χ3n) is 4.56. The Morgan fingerprint density at radius 2 is 1.87 bits per heavy atom. The van der Waals surface area contributed by atoms with E-state index in [2.05, 4.69) is 56.4 Å². The number of aromatic amines is 1. The van der Waals surface area contributed by atoms with Gasteiger partial charge >= 0.3 is 0 Å². The number of para-hydroxylation sites is 1. The van der Waals surface area contributed by atoms with Crippen LogP contribution in [0, 0.1) is 13.8 Å². The number of nitrogens with one attached hydrogen (secondary N) is 2. The average Bonchev–Trinajstić information content (AvgIpc) is 2.72. The summed E-state index contributed by atoms with van der Waals surface area (Å²) in [5, 5.41) is 4.55. The first-order valence-corrected chi connectivity index (χ1v) is 10.4. The van der Waals surface area contributed by atoms with Crippen molar-refractivity contribution in [3.63, 3.8) is 0 Å². The summed E-state index contributed by atoms with van der Waals surface area (Å²) in [5.41, 5.74) is 3.64. The van der Waals surface area contributed by atoms with E-state index in [0.29, 0.717) is 28.2 Å². The van der Waals surface area contributed by atoms with Gasteiger partial charge in [-0.15, -0.1) is 11.8 Å². The maximum absolute atomic E-state index is 12.1.